The second kappa shape index (κ2) is 6.44. The number of aromatic hydroxyl groups is 1. The Balaban J connectivity index is 1.98. The number of nitrogens with zero attached hydrogens (tertiary/aromatic N) is 1. The van der Waals surface area contributed by atoms with Crippen LogP contribution in [0.3, 0.4) is 0 Å². The fourth-order valence-electron chi connectivity index (χ4n) is 2.54. The molecular formula is C14H20N2O4S. The second-order valence-electron chi connectivity index (χ2n) is 5.37. The molecule has 0 bridgehead atoms. The summed E-state index contributed by atoms with van der Waals surface area (Å²) in [5.41, 5.74) is 0.584. The zero-order valence-electron chi connectivity index (χ0n) is 11.9. The Labute approximate surface area is 124 Å². The van der Waals surface area contributed by atoms with Crippen molar-refractivity contribution in [3.63, 3.8) is 0 Å². The topological polar surface area (TPSA) is 86.7 Å². The van der Waals surface area contributed by atoms with Gasteiger partial charge < -0.3 is 10.0 Å². The summed E-state index contributed by atoms with van der Waals surface area (Å²) >= 11 is 0. The van der Waals surface area contributed by atoms with Crippen LogP contribution in [-0.4, -0.2) is 49.7 Å². The van der Waals surface area contributed by atoms with Crippen LogP contribution >= 0.6 is 0 Å². The number of hydrogen-bond acceptors (Lipinski definition) is 4. The minimum absolute atomic E-state index is 0.100. The molecule has 1 aliphatic heterocycles. The lowest BCUT2D eigenvalue weighted by Crippen LogP contribution is -2.49. The van der Waals surface area contributed by atoms with Gasteiger partial charge in [0.25, 0.3) is 0 Å². The molecule has 1 aromatic rings. The third-order valence-corrected chi connectivity index (χ3v) is 4.25. The molecule has 0 aliphatic carbocycles. The minimum atomic E-state index is -3.27. The molecule has 6 nitrogen and oxygen atoms in total. The lowest BCUT2D eigenvalue weighted by molar-refractivity contribution is -0.131. The van der Waals surface area contributed by atoms with Crippen molar-refractivity contribution in [2.45, 2.75) is 25.3 Å². The number of phenols is 1. The van der Waals surface area contributed by atoms with Crippen LogP contribution in [0, 0.1) is 0 Å². The van der Waals surface area contributed by atoms with E-state index in [1.165, 1.54) is 0 Å². The Bertz CT molecular complexity index is 615. The van der Waals surface area contributed by atoms with Crippen molar-refractivity contribution in [1.29, 1.82) is 0 Å². The van der Waals surface area contributed by atoms with Gasteiger partial charge >= 0.3 is 0 Å². The lowest BCUT2D eigenvalue weighted by atomic mass is 10.0. The predicted molar refractivity (Wildman–Crippen MR) is 79.4 cm³/mol. The quantitative estimate of drug-likeness (QED) is 0.846. The summed E-state index contributed by atoms with van der Waals surface area (Å²) in [5.74, 6) is 0.00479. The van der Waals surface area contributed by atoms with Gasteiger partial charge in [0.05, 0.1) is 12.7 Å². The average Bonchev–Trinajstić information content (AvgIpc) is 2.39. The van der Waals surface area contributed by atoms with E-state index >= 15 is 0 Å². The van der Waals surface area contributed by atoms with Gasteiger partial charge in [-0.1, -0.05) is 18.2 Å². The molecule has 0 spiro atoms. The number of likely N-dealkylation sites (tertiary alicyclic amines) is 1. The van der Waals surface area contributed by atoms with Gasteiger partial charge in [0.2, 0.25) is 15.9 Å². The van der Waals surface area contributed by atoms with Gasteiger partial charge in [-0.15, -0.1) is 0 Å². The van der Waals surface area contributed by atoms with Crippen LogP contribution in [0.2, 0.25) is 0 Å². The van der Waals surface area contributed by atoms with Gasteiger partial charge in [0, 0.05) is 24.7 Å². The number of carbonyl (C=O) groups is 1. The molecule has 1 atom stereocenters. The molecule has 1 aliphatic rings. The maximum Gasteiger partial charge on any atom is 0.227 e. The van der Waals surface area contributed by atoms with Gasteiger partial charge in [-0.2, -0.15) is 0 Å². The zero-order chi connectivity index (χ0) is 15.5. The van der Waals surface area contributed by atoms with E-state index in [2.05, 4.69) is 4.72 Å². The normalized spacial score (nSPS) is 19.5. The van der Waals surface area contributed by atoms with Crippen molar-refractivity contribution < 1.29 is 18.3 Å². The molecule has 1 aromatic carbocycles. The number of nitrogens with one attached hydrogen (secondary N) is 1. The number of hydrogen-bond donors (Lipinski definition) is 2. The van der Waals surface area contributed by atoms with Crippen LogP contribution in [0.1, 0.15) is 18.4 Å². The van der Waals surface area contributed by atoms with Crippen LogP contribution in [0.15, 0.2) is 24.3 Å². The first-order valence-corrected chi connectivity index (χ1v) is 8.76. The van der Waals surface area contributed by atoms with Gasteiger partial charge in [-0.05, 0) is 18.9 Å². The molecule has 7 heteroatoms. The van der Waals surface area contributed by atoms with Crippen LogP contribution in [0.5, 0.6) is 5.75 Å². The number of phenolic OH excluding ortho intramolecular Hbond substituents is 1. The van der Waals surface area contributed by atoms with E-state index in [9.17, 15) is 18.3 Å². The molecule has 21 heavy (non-hydrogen) atoms. The van der Waals surface area contributed by atoms with Gasteiger partial charge in [0.15, 0.2) is 0 Å². The van der Waals surface area contributed by atoms with Crippen LogP contribution in [0.25, 0.3) is 0 Å². The van der Waals surface area contributed by atoms with E-state index in [-0.39, 0.29) is 24.1 Å². The van der Waals surface area contributed by atoms with E-state index < -0.39 is 10.0 Å². The maximum atomic E-state index is 12.3. The third kappa shape index (κ3) is 4.71. The molecule has 0 radical (unpaired) electrons. The van der Waals surface area contributed by atoms with Gasteiger partial charge in [0.1, 0.15) is 5.75 Å². The van der Waals surface area contributed by atoms with Crippen molar-refractivity contribution in [2.24, 2.45) is 0 Å². The molecule has 1 saturated heterocycles. The molecule has 0 aromatic heterocycles. The first-order chi connectivity index (χ1) is 9.85. The van der Waals surface area contributed by atoms with Crippen molar-refractivity contribution >= 4 is 15.9 Å². The molecule has 116 valence electrons. The molecule has 1 fully saturated rings. The number of sulfonamides is 1. The number of amides is 1. The van der Waals surface area contributed by atoms with E-state index in [1.54, 1.807) is 29.2 Å². The van der Waals surface area contributed by atoms with E-state index in [1.807, 2.05) is 0 Å². The molecule has 1 amide bonds. The fraction of sp³-hybridized carbons (Fsp3) is 0.500. The Morgan fingerprint density at radius 3 is 2.81 bits per heavy atom. The summed E-state index contributed by atoms with van der Waals surface area (Å²) < 4.78 is 25.1. The average molecular weight is 312 g/mol. The number of carbonyl (C=O) groups excluding carboxylic acids is 1. The summed E-state index contributed by atoms with van der Waals surface area (Å²) in [6.07, 6.45) is 2.74. The van der Waals surface area contributed by atoms with Crippen molar-refractivity contribution in [3.05, 3.63) is 29.8 Å². The Kier molecular flexibility index (Phi) is 4.84. The third-order valence-electron chi connectivity index (χ3n) is 3.49. The first-order valence-electron chi connectivity index (χ1n) is 6.87. The Morgan fingerprint density at radius 2 is 2.14 bits per heavy atom. The Hall–Kier alpha value is -1.60. The number of para-hydroxylation sites is 1. The standard InChI is InChI=1S/C14H20N2O4S/c1-21(19,20)15-12-6-4-8-16(10-12)14(18)9-11-5-2-3-7-13(11)17/h2-3,5,7,12,15,17H,4,6,8-10H2,1H3/t12-/m0/s1. The van der Waals surface area contributed by atoms with Crippen LogP contribution in [-0.2, 0) is 21.2 Å². The SMILES string of the molecule is CS(=O)(=O)N[C@H]1CCCN(C(=O)Cc2ccccc2O)C1. The number of piperidine rings is 1. The Morgan fingerprint density at radius 1 is 1.43 bits per heavy atom. The summed E-state index contributed by atoms with van der Waals surface area (Å²) in [6.45, 7) is 0.994. The fourth-order valence-corrected chi connectivity index (χ4v) is 3.34. The molecule has 2 N–H and O–H groups in total. The van der Waals surface area contributed by atoms with E-state index in [0.717, 1.165) is 19.1 Å². The number of rotatable bonds is 4. The molecule has 1 heterocycles. The van der Waals surface area contributed by atoms with Crippen LogP contribution < -0.4 is 4.72 Å². The van der Waals surface area contributed by atoms with Crippen molar-refractivity contribution in [1.82, 2.24) is 9.62 Å². The summed E-state index contributed by atoms with van der Waals surface area (Å²) in [4.78, 5) is 13.9. The molecule has 0 saturated carbocycles. The van der Waals surface area contributed by atoms with Crippen molar-refractivity contribution in [2.75, 3.05) is 19.3 Å². The van der Waals surface area contributed by atoms with Crippen molar-refractivity contribution in [3.8, 4) is 5.75 Å². The lowest BCUT2D eigenvalue weighted by Gasteiger charge is -2.32. The summed E-state index contributed by atoms with van der Waals surface area (Å²) in [6, 6.07) is 6.50. The molecule has 2 rings (SSSR count). The largest absolute Gasteiger partial charge is 0.508 e. The second-order valence-corrected chi connectivity index (χ2v) is 7.15. The first kappa shape index (κ1) is 15.8. The number of benzene rings is 1. The van der Waals surface area contributed by atoms with Gasteiger partial charge in [-0.3, -0.25) is 4.79 Å². The molecular weight excluding hydrogens is 292 g/mol. The molecule has 0 unspecified atom stereocenters. The van der Waals surface area contributed by atoms with Gasteiger partial charge in [-0.25, -0.2) is 13.1 Å². The smallest absolute Gasteiger partial charge is 0.227 e. The summed E-state index contributed by atoms with van der Waals surface area (Å²) in [5, 5.41) is 9.70. The maximum absolute atomic E-state index is 12.3. The zero-order valence-corrected chi connectivity index (χ0v) is 12.8. The highest BCUT2D eigenvalue weighted by Crippen LogP contribution is 2.18. The van der Waals surface area contributed by atoms with E-state index in [0.29, 0.717) is 18.7 Å². The summed E-state index contributed by atoms with van der Waals surface area (Å²) in [7, 11) is -3.27. The predicted octanol–water partition coefficient (Wildman–Crippen LogP) is 0.475. The minimum Gasteiger partial charge on any atom is -0.508 e. The monoisotopic (exact) mass is 312 g/mol. The highest BCUT2D eigenvalue weighted by molar-refractivity contribution is 7.88. The highest BCUT2D eigenvalue weighted by atomic mass is 32.2. The van der Waals surface area contributed by atoms with E-state index in [4.69, 9.17) is 0 Å². The highest BCUT2D eigenvalue weighted by Gasteiger charge is 2.25. The van der Waals surface area contributed by atoms with Crippen LogP contribution in [0.4, 0.5) is 0 Å².